The first-order valence-corrected chi connectivity index (χ1v) is 8.70. The molecule has 2 saturated heterocycles. The van der Waals surface area contributed by atoms with Crippen molar-refractivity contribution < 1.29 is 9.59 Å². The highest BCUT2D eigenvalue weighted by atomic mass is 32.1. The summed E-state index contributed by atoms with van der Waals surface area (Å²) in [4.78, 5) is 31.5. The van der Waals surface area contributed by atoms with Crippen molar-refractivity contribution in [2.45, 2.75) is 37.9 Å². The van der Waals surface area contributed by atoms with Crippen LogP contribution >= 0.6 is 11.3 Å². The van der Waals surface area contributed by atoms with Crippen LogP contribution in [0.3, 0.4) is 0 Å². The van der Waals surface area contributed by atoms with Crippen LogP contribution in [0, 0.1) is 0 Å². The van der Waals surface area contributed by atoms with Crippen LogP contribution in [0.4, 0.5) is 0 Å². The van der Waals surface area contributed by atoms with Crippen LogP contribution in [0.5, 0.6) is 0 Å². The minimum atomic E-state index is 0.00528. The highest BCUT2D eigenvalue weighted by molar-refractivity contribution is 7.09. The molecular weight excluding hydrogens is 298 g/mol. The Balaban J connectivity index is 1.69. The average Bonchev–Trinajstić information content (AvgIpc) is 3.12. The van der Waals surface area contributed by atoms with Gasteiger partial charge in [-0.1, -0.05) is 6.07 Å². The number of nitrogens with zero attached hydrogens (tertiary/aromatic N) is 3. The minimum absolute atomic E-state index is 0.00528. The van der Waals surface area contributed by atoms with E-state index in [1.165, 1.54) is 4.88 Å². The molecule has 2 aliphatic heterocycles. The average molecular weight is 321 g/mol. The van der Waals surface area contributed by atoms with Gasteiger partial charge in [0.25, 0.3) is 0 Å². The molecule has 1 aromatic rings. The van der Waals surface area contributed by atoms with Gasteiger partial charge in [-0.3, -0.25) is 14.5 Å². The molecule has 22 heavy (non-hydrogen) atoms. The van der Waals surface area contributed by atoms with E-state index in [2.05, 4.69) is 22.4 Å². The van der Waals surface area contributed by atoms with Crippen LogP contribution in [-0.4, -0.2) is 65.8 Å². The Kier molecular flexibility index (Phi) is 4.49. The fourth-order valence-electron chi connectivity index (χ4n) is 3.53. The summed E-state index contributed by atoms with van der Waals surface area (Å²) in [6, 6.07) is 4.85. The molecule has 0 bridgehead atoms. The number of likely N-dealkylation sites (N-methyl/N-ethyl adjacent to an activating group) is 1. The Morgan fingerprint density at radius 2 is 2.18 bits per heavy atom. The fraction of sp³-hybridized carbons (Fsp3) is 0.625. The smallest absolute Gasteiger partial charge is 0.241 e. The largest absolute Gasteiger partial charge is 0.347 e. The van der Waals surface area contributed by atoms with Gasteiger partial charge in [-0.25, -0.2) is 0 Å². The lowest BCUT2D eigenvalue weighted by Gasteiger charge is -2.39. The number of thiophene rings is 1. The topological polar surface area (TPSA) is 43.9 Å². The van der Waals surface area contributed by atoms with Crippen LogP contribution in [0.25, 0.3) is 0 Å². The summed E-state index contributed by atoms with van der Waals surface area (Å²) in [5.74, 6) is 0.139. The van der Waals surface area contributed by atoms with Crippen molar-refractivity contribution in [3.63, 3.8) is 0 Å². The molecule has 0 radical (unpaired) electrons. The highest BCUT2D eigenvalue weighted by Crippen LogP contribution is 2.32. The van der Waals surface area contributed by atoms with E-state index in [4.69, 9.17) is 0 Å². The van der Waals surface area contributed by atoms with Gasteiger partial charge < -0.3 is 9.80 Å². The Hall–Kier alpha value is -1.40. The van der Waals surface area contributed by atoms with Gasteiger partial charge in [-0.05, 0) is 24.3 Å². The zero-order chi connectivity index (χ0) is 15.7. The molecule has 120 valence electrons. The number of rotatable bonds is 4. The van der Waals surface area contributed by atoms with Gasteiger partial charge in [0.1, 0.15) is 6.54 Å². The number of fused-ring (bicyclic) bond motifs is 1. The highest BCUT2D eigenvalue weighted by Gasteiger charge is 2.43. The molecule has 3 rings (SSSR count). The zero-order valence-corrected chi connectivity index (χ0v) is 14.0. The fourth-order valence-corrected chi connectivity index (χ4v) is 4.26. The summed E-state index contributed by atoms with van der Waals surface area (Å²) < 4.78 is 0. The number of carbonyl (C=O) groups excluding carboxylic acids is 2. The van der Waals surface area contributed by atoms with Gasteiger partial charge in [0.15, 0.2) is 0 Å². The number of amides is 2. The molecule has 5 nitrogen and oxygen atoms in total. The Morgan fingerprint density at radius 3 is 2.86 bits per heavy atom. The van der Waals surface area contributed by atoms with Crippen LogP contribution in [0.1, 0.15) is 24.1 Å². The van der Waals surface area contributed by atoms with Crippen molar-refractivity contribution in [3.05, 3.63) is 22.4 Å². The predicted octanol–water partition coefficient (Wildman–Crippen LogP) is 1.40. The summed E-state index contributed by atoms with van der Waals surface area (Å²) in [7, 11) is 3.48. The third-order valence-electron chi connectivity index (χ3n) is 4.74. The van der Waals surface area contributed by atoms with Crippen molar-refractivity contribution in [3.8, 4) is 0 Å². The Bertz CT molecular complexity index is 544. The quantitative estimate of drug-likeness (QED) is 0.842. The lowest BCUT2D eigenvalue weighted by Crippen LogP contribution is -2.54. The lowest BCUT2D eigenvalue weighted by molar-refractivity contribution is -0.144. The summed E-state index contributed by atoms with van der Waals surface area (Å²) in [5, 5.41) is 2.11. The van der Waals surface area contributed by atoms with Gasteiger partial charge in [0, 0.05) is 50.6 Å². The molecule has 2 aliphatic rings. The lowest BCUT2D eigenvalue weighted by atomic mass is 9.96. The van der Waals surface area contributed by atoms with Gasteiger partial charge in [-0.2, -0.15) is 0 Å². The number of carbonyl (C=O) groups is 2. The van der Waals surface area contributed by atoms with Crippen LogP contribution < -0.4 is 0 Å². The van der Waals surface area contributed by atoms with Crippen molar-refractivity contribution in [2.75, 3.05) is 27.2 Å². The summed E-state index contributed by atoms with van der Waals surface area (Å²) >= 11 is 1.78. The molecule has 0 aromatic carbocycles. The number of hydrogen-bond donors (Lipinski definition) is 0. The molecule has 3 heterocycles. The van der Waals surface area contributed by atoms with Gasteiger partial charge in [0.2, 0.25) is 11.8 Å². The second-order valence-electron chi connectivity index (χ2n) is 6.32. The van der Waals surface area contributed by atoms with Crippen molar-refractivity contribution in [1.29, 1.82) is 0 Å². The van der Waals surface area contributed by atoms with Crippen molar-refractivity contribution >= 4 is 23.2 Å². The van der Waals surface area contributed by atoms with E-state index in [1.54, 1.807) is 30.3 Å². The molecule has 0 saturated carbocycles. The molecular formula is C16H23N3O2S. The normalized spacial score (nSPS) is 25.4. The predicted molar refractivity (Wildman–Crippen MR) is 86.6 cm³/mol. The van der Waals surface area contributed by atoms with Gasteiger partial charge >= 0.3 is 0 Å². The molecule has 6 heteroatoms. The standard InChI is InChI=1S/C16H23N3O2S/c1-17(2)16(21)11-19-14-7-8-18(10-12-4-3-9-22-12)13(14)5-6-15(19)20/h3-4,9,13-14H,5-8,10-11H2,1-2H3/t13-,14-/m1/s1. The SMILES string of the molecule is CN(C)C(=O)CN1C(=O)CC[C@@H]2[C@H]1CCN2Cc1cccs1. The molecule has 0 unspecified atom stereocenters. The third kappa shape index (κ3) is 3.03. The van der Waals surface area contributed by atoms with Crippen molar-refractivity contribution in [1.82, 2.24) is 14.7 Å². The Morgan fingerprint density at radius 1 is 1.36 bits per heavy atom. The van der Waals surface area contributed by atoms with E-state index < -0.39 is 0 Å². The van der Waals surface area contributed by atoms with E-state index in [-0.39, 0.29) is 24.4 Å². The van der Waals surface area contributed by atoms with E-state index in [0.717, 1.165) is 25.9 Å². The Labute approximate surface area is 135 Å². The first-order valence-electron chi connectivity index (χ1n) is 7.82. The molecule has 2 amide bonds. The third-order valence-corrected chi connectivity index (χ3v) is 5.60. The molecule has 1 aromatic heterocycles. The number of likely N-dealkylation sites (tertiary alicyclic amines) is 2. The molecule has 2 atom stereocenters. The molecule has 0 aliphatic carbocycles. The van der Waals surface area contributed by atoms with Gasteiger partial charge in [-0.15, -0.1) is 11.3 Å². The van der Waals surface area contributed by atoms with E-state index in [9.17, 15) is 9.59 Å². The van der Waals surface area contributed by atoms with E-state index in [0.29, 0.717) is 12.5 Å². The van der Waals surface area contributed by atoms with Crippen LogP contribution in [-0.2, 0) is 16.1 Å². The minimum Gasteiger partial charge on any atom is -0.347 e. The maximum Gasteiger partial charge on any atom is 0.241 e. The van der Waals surface area contributed by atoms with Crippen LogP contribution in [0.15, 0.2) is 17.5 Å². The molecule has 0 spiro atoms. The first kappa shape index (κ1) is 15.5. The summed E-state index contributed by atoms with van der Waals surface area (Å²) in [5.41, 5.74) is 0. The zero-order valence-electron chi connectivity index (χ0n) is 13.2. The second-order valence-corrected chi connectivity index (χ2v) is 7.35. The molecule has 2 fully saturated rings. The number of piperidine rings is 1. The van der Waals surface area contributed by atoms with E-state index in [1.807, 2.05) is 4.90 Å². The maximum absolute atomic E-state index is 12.3. The van der Waals surface area contributed by atoms with Gasteiger partial charge in [0.05, 0.1) is 0 Å². The second kappa shape index (κ2) is 6.38. The summed E-state index contributed by atoms with van der Waals surface area (Å²) in [6.07, 6.45) is 2.45. The molecule has 0 N–H and O–H groups in total. The van der Waals surface area contributed by atoms with Crippen LogP contribution in [0.2, 0.25) is 0 Å². The van der Waals surface area contributed by atoms with Crippen molar-refractivity contribution in [2.24, 2.45) is 0 Å². The monoisotopic (exact) mass is 321 g/mol. The van der Waals surface area contributed by atoms with E-state index >= 15 is 0 Å². The maximum atomic E-state index is 12.3. The number of hydrogen-bond acceptors (Lipinski definition) is 4. The first-order chi connectivity index (χ1) is 10.6. The summed E-state index contributed by atoms with van der Waals surface area (Å²) in [6.45, 7) is 2.19.